The fourth-order valence-corrected chi connectivity index (χ4v) is 4.59. The molecule has 136 valence electrons. The molecule has 1 aliphatic heterocycles. The third-order valence-electron chi connectivity index (χ3n) is 4.90. The lowest BCUT2D eigenvalue weighted by Crippen LogP contribution is -2.21. The molecule has 2 aliphatic rings. The third kappa shape index (κ3) is 3.17. The molecular formula is C23H24N3S+. The molecule has 4 rings (SSSR count). The Bertz CT molecular complexity index is 1180. The van der Waals surface area contributed by atoms with Crippen LogP contribution in [0.5, 0.6) is 0 Å². The molecule has 0 radical (unpaired) electrons. The number of rotatable bonds is 2. The van der Waals surface area contributed by atoms with Crippen molar-refractivity contribution >= 4 is 32.8 Å². The normalized spacial score (nSPS) is 11.1. The van der Waals surface area contributed by atoms with E-state index >= 15 is 0 Å². The van der Waals surface area contributed by atoms with Gasteiger partial charge in [0.05, 0.1) is 0 Å². The lowest BCUT2D eigenvalue weighted by atomic mass is 9.95. The highest BCUT2D eigenvalue weighted by molar-refractivity contribution is 7.21. The van der Waals surface area contributed by atoms with Crippen LogP contribution in [0.4, 0.5) is 11.4 Å². The van der Waals surface area contributed by atoms with Gasteiger partial charge < -0.3 is 10.6 Å². The Morgan fingerprint density at radius 3 is 2.44 bits per heavy atom. The Balaban J connectivity index is 2.15. The molecule has 1 aliphatic carbocycles. The number of anilines is 2. The van der Waals surface area contributed by atoms with Gasteiger partial charge in [-0.1, -0.05) is 18.2 Å². The van der Waals surface area contributed by atoms with E-state index in [9.17, 15) is 0 Å². The van der Waals surface area contributed by atoms with E-state index in [1.807, 2.05) is 23.5 Å². The molecule has 4 heteroatoms. The van der Waals surface area contributed by atoms with Crippen LogP contribution in [0.25, 0.3) is 31.7 Å². The van der Waals surface area contributed by atoms with Crippen molar-refractivity contribution in [2.24, 2.45) is 0 Å². The topological polar surface area (TPSA) is 32.3 Å². The summed E-state index contributed by atoms with van der Waals surface area (Å²) in [5.74, 6) is 0. The average Bonchev–Trinajstić information content (AvgIpc) is 2.64. The summed E-state index contributed by atoms with van der Waals surface area (Å²) in [4.78, 5) is 3.43. The van der Waals surface area contributed by atoms with Crippen LogP contribution >= 0.6 is 11.3 Å². The SMILES string of the molecule is CN(C)c1ccc2c(-c3cccc(N)c3)c3ccc(=[N+](C)C)cc-3sc2c1. The zero-order valence-corrected chi connectivity index (χ0v) is 17.0. The van der Waals surface area contributed by atoms with Gasteiger partial charge in [-0.15, -0.1) is 11.3 Å². The van der Waals surface area contributed by atoms with Gasteiger partial charge in [0, 0.05) is 58.1 Å². The lowest BCUT2D eigenvalue weighted by Gasteiger charge is -2.18. The molecule has 1 heterocycles. The summed E-state index contributed by atoms with van der Waals surface area (Å²) in [6.07, 6.45) is 0. The first-order chi connectivity index (χ1) is 12.9. The smallest absolute Gasteiger partial charge is 0.200 e. The van der Waals surface area contributed by atoms with E-state index in [0.717, 1.165) is 11.3 Å². The number of nitrogens with two attached hydrogens (primary N) is 1. The molecule has 0 saturated heterocycles. The molecule has 0 spiro atoms. The number of nitrogens with zero attached hydrogens (tertiary/aromatic N) is 2. The van der Waals surface area contributed by atoms with Crippen molar-refractivity contribution in [1.82, 2.24) is 4.58 Å². The molecule has 2 aromatic carbocycles. The Morgan fingerprint density at radius 2 is 1.74 bits per heavy atom. The number of fused-ring (bicyclic) bond motifs is 2. The van der Waals surface area contributed by atoms with Crippen molar-refractivity contribution in [3.63, 3.8) is 0 Å². The summed E-state index contributed by atoms with van der Waals surface area (Å²) in [6.45, 7) is 0. The van der Waals surface area contributed by atoms with Gasteiger partial charge >= 0.3 is 0 Å². The van der Waals surface area contributed by atoms with Crippen molar-refractivity contribution < 1.29 is 0 Å². The van der Waals surface area contributed by atoms with Crippen LogP contribution < -0.4 is 20.6 Å². The zero-order valence-electron chi connectivity index (χ0n) is 16.2. The first-order valence-electron chi connectivity index (χ1n) is 8.98. The molecule has 3 nitrogen and oxygen atoms in total. The number of hydrogen-bond acceptors (Lipinski definition) is 3. The summed E-state index contributed by atoms with van der Waals surface area (Å²) < 4.78 is 3.43. The van der Waals surface area contributed by atoms with Crippen molar-refractivity contribution in [2.45, 2.75) is 0 Å². The molecule has 0 saturated carbocycles. The fraction of sp³-hybridized carbons (Fsp3) is 0.174. The Morgan fingerprint density at radius 1 is 0.926 bits per heavy atom. The minimum absolute atomic E-state index is 0.788. The second kappa shape index (κ2) is 6.71. The van der Waals surface area contributed by atoms with Gasteiger partial charge in [0.15, 0.2) is 0 Å². The highest BCUT2D eigenvalue weighted by Crippen LogP contribution is 2.43. The van der Waals surface area contributed by atoms with Crippen molar-refractivity contribution in [1.29, 1.82) is 0 Å². The van der Waals surface area contributed by atoms with Gasteiger partial charge in [-0.2, -0.15) is 0 Å². The lowest BCUT2D eigenvalue weighted by molar-refractivity contribution is 0.814. The molecule has 0 unspecified atom stereocenters. The van der Waals surface area contributed by atoms with E-state index in [4.69, 9.17) is 5.73 Å². The summed E-state index contributed by atoms with van der Waals surface area (Å²) in [6, 6.07) is 21.6. The maximum atomic E-state index is 6.10. The average molecular weight is 375 g/mol. The van der Waals surface area contributed by atoms with Crippen LogP contribution in [0.1, 0.15) is 0 Å². The van der Waals surface area contributed by atoms with Gasteiger partial charge in [0.1, 0.15) is 14.1 Å². The predicted molar refractivity (Wildman–Crippen MR) is 120 cm³/mol. The van der Waals surface area contributed by atoms with Crippen molar-refractivity contribution in [3.05, 3.63) is 66.0 Å². The highest BCUT2D eigenvalue weighted by atomic mass is 32.1. The van der Waals surface area contributed by atoms with E-state index in [-0.39, 0.29) is 0 Å². The molecule has 0 fully saturated rings. The zero-order chi connectivity index (χ0) is 19.1. The molecule has 2 N–H and O–H groups in total. The maximum Gasteiger partial charge on any atom is 0.200 e. The van der Waals surface area contributed by atoms with Gasteiger partial charge in [0.2, 0.25) is 5.36 Å². The van der Waals surface area contributed by atoms with E-state index < -0.39 is 0 Å². The Hall–Kier alpha value is -2.85. The van der Waals surface area contributed by atoms with Gasteiger partial charge in [-0.25, -0.2) is 4.58 Å². The standard InChI is InChI=1S/C23H24N3S/c1-25(2)17-8-10-19-21(13-17)27-22-14-18(26(3)4)9-11-20(22)23(19)15-6-5-7-16(24)12-15/h5-14H,24H2,1-4H3/q+1. The van der Waals surface area contributed by atoms with Crippen LogP contribution in [0.15, 0.2) is 60.7 Å². The van der Waals surface area contributed by atoms with Crippen LogP contribution in [0.2, 0.25) is 0 Å². The molecule has 27 heavy (non-hydrogen) atoms. The molecule has 0 bridgehead atoms. The van der Waals surface area contributed by atoms with Crippen molar-refractivity contribution in [3.8, 4) is 21.6 Å². The van der Waals surface area contributed by atoms with E-state index in [1.54, 1.807) is 0 Å². The van der Waals surface area contributed by atoms with Crippen LogP contribution in [0, 0.1) is 0 Å². The minimum atomic E-state index is 0.788. The monoisotopic (exact) mass is 374 g/mol. The van der Waals surface area contributed by atoms with Crippen LogP contribution in [0.3, 0.4) is 0 Å². The second-order valence-corrected chi connectivity index (χ2v) is 8.34. The van der Waals surface area contributed by atoms with Crippen LogP contribution in [-0.4, -0.2) is 28.2 Å². The third-order valence-corrected chi connectivity index (χ3v) is 6.01. The predicted octanol–water partition coefficient (Wildman–Crippen LogP) is 4.35. The van der Waals surface area contributed by atoms with Gasteiger partial charge in [0.25, 0.3) is 0 Å². The summed E-state index contributed by atoms with van der Waals surface area (Å²) in [5, 5.41) is 2.47. The summed E-state index contributed by atoms with van der Waals surface area (Å²) in [5.41, 5.74) is 11.8. The first-order valence-corrected chi connectivity index (χ1v) is 9.80. The number of nitrogen functional groups attached to an aromatic ring is 1. The van der Waals surface area contributed by atoms with E-state index in [1.165, 1.54) is 37.1 Å². The number of hydrogen-bond donors (Lipinski definition) is 1. The Labute approximate surface area is 164 Å². The minimum Gasteiger partial charge on any atom is -0.399 e. The molecule has 0 amide bonds. The molecule has 0 aromatic heterocycles. The highest BCUT2D eigenvalue weighted by Gasteiger charge is 2.17. The largest absolute Gasteiger partial charge is 0.399 e. The van der Waals surface area contributed by atoms with E-state index in [0.29, 0.717) is 0 Å². The van der Waals surface area contributed by atoms with Gasteiger partial charge in [-0.3, -0.25) is 0 Å². The second-order valence-electron chi connectivity index (χ2n) is 7.25. The van der Waals surface area contributed by atoms with E-state index in [2.05, 4.69) is 86.2 Å². The summed E-state index contributed by atoms with van der Waals surface area (Å²) >= 11 is 1.84. The van der Waals surface area contributed by atoms with Gasteiger partial charge in [-0.05, 0) is 41.5 Å². The van der Waals surface area contributed by atoms with Crippen LogP contribution in [-0.2, 0) is 0 Å². The Kier molecular flexibility index (Phi) is 4.36. The number of benzene rings is 3. The van der Waals surface area contributed by atoms with Crippen molar-refractivity contribution in [2.75, 3.05) is 38.8 Å². The molecular weight excluding hydrogens is 350 g/mol. The molecule has 0 atom stereocenters. The summed E-state index contributed by atoms with van der Waals surface area (Å²) in [7, 11) is 8.32. The fourth-order valence-electron chi connectivity index (χ4n) is 3.43. The first kappa shape index (κ1) is 17.6. The quantitative estimate of drug-likeness (QED) is 0.321. The molecule has 2 aromatic rings. The maximum absolute atomic E-state index is 6.10.